The van der Waals surface area contributed by atoms with Crippen molar-refractivity contribution >= 4 is 22.6 Å². The first-order valence-electron chi connectivity index (χ1n) is 6.29. The molecule has 0 bridgehead atoms. The lowest BCUT2D eigenvalue weighted by molar-refractivity contribution is 0.150. The number of carboxylic acid groups (broad SMARTS) is 1. The lowest BCUT2D eigenvalue weighted by atomic mass is 9.99. The van der Waals surface area contributed by atoms with Crippen LogP contribution in [0.2, 0.25) is 0 Å². The Balaban J connectivity index is 2.03. The molecule has 1 aliphatic rings. The van der Waals surface area contributed by atoms with Crippen LogP contribution in [0.5, 0.6) is 0 Å². The van der Waals surface area contributed by atoms with Crippen LogP contribution in [0, 0.1) is 5.82 Å². The quantitative estimate of drug-likeness (QED) is 0.784. The van der Waals surface area contributed by atoms with Gasteiger partial charge in [0.05, 0.1) is 5.52 Å². The number of hydrogen-bond acceptors (Lipinski definition) is 2. The second-order valence-corrected chi connectivity index (χ2v) is 4.82. The fraction of sp³-hybridized carbons (Fsp3) is 0.214. The zero-order valence-corrected chi connectivity index (χ0v) is 10.7. The third kappa shape index (κ3) is 1.99. The Morgan fingerprint density at radius 3 is 2.85 bits per heavy atom. The normalized spacial score (nSPS) is 15.4. The number of carbonyl (C=O) groups is 1. The van der Waals surface area contributed by atoms with Crippen LogP contribution in [-0.4, -0.2) is 33.9 Å². The zero-order chi connectivity index (χ0) is 14.3. The minimum atomic E-state index is -0.924. The maximum atomic E-state index is 13.4. The van der Waals surface area contributed by atoms with E-state index in [2.05, 4.69) is 0 Å². The van der Waals surface area contributed by atoms with E-state index >= 15 is 0 Å². The molecule has 104 valence electrons. The van der Waals surface area contributed by atoms with Gasteiger partial charge in [-0.1, -0.05) is 6.08 Å². The monoisotopic (exact) mass is 275 g/mol. The molecule has 0 unspecified atom stereocenters. The molecule has 0 radical (unpaired) electrons. The zero-order valence-electron chi connectivity index (χ0n) is 10.7. The number of hydrogen-bond donors (Lipinski definition) is 2. The minimum Gasteiger partial charge on any atom is -0.465 e. The molecule has 1 aliphatic heterocycles. The molecule has 0 spiro atoms. The van der Waals surface area contributed by atoms with Gasteiger partial charge < -0.3 is 15.8 Å². The number of amides is 1. The van der Waals surface area contributed by atoms with Crippen molar-refractivity contribution in [3.05, 3.63) is 41.9 Å². The van der Waals surface area contributed by atoms with Gasteiger partial charge in [0.25, 0.3) is 0 Å². The van der Waals surface area contributed by atoms with Gasteiger partial charge in [-0.3, -0.25) is 4.68 Å². The van der Waals surface area contributed by atoms with Crippen molar-refractivity contribution < 1.29 is 14.3 Å². The van der Waals surface area contributed by atoms with Crippen molar-refractivity contribution in [2.45, 2.75) is 6.42 Å². The van der Waals surface area contributed by atoms with Gasteiger partial charge in [-0.25, -0.2) is 9.18 Å². The summed E-state index contributed by atoms with van der Waals surface area (Å²) < 4.78 is 14.9. The van der Waals surface area contributed by atoms with E-state index in [0.717, 1.165) is 22.0 Å². The van der Waals surface area contributed by atoms with Crippen LogP contribution in [0.3, 0.4) is 0 Å². The van der Waals surface area contributed by atoms with E-state index in [-0.39, 0.29) is 5.82 Å². The Labute approximate surface area is 114 Å². The smallest absolute Gasteiger partial charge is 0.407 e. The van der Waals surface area contributed by atoms with Crippen LogP contribution in [0.4, 0.5) is 9.18 Å². The highest BCUT2D eigenvalue weighted by atomic mass is 19.1. The van der Waals surface area contributed by atoms with Crippen molar-refractivity contribution in [3.8, 4) is 0 Å². The number of rotatable bonds is 1. The number of halogens is 1. The Morgan fingerprint density at radius 1 is 1.40 bits per heavy atom. The first kappa shape index (κ1) is 12.5. The van der Waals surface area contributed by atoms with Crippen LogP contribution in [-0.2, 0) is 0 Å². The van der Waals surface area contributed by atoms with Gasteiger partial charge >= 0.3 is 6.09 Å². The largest absolute Gasteiger partial charge is 0.465 e. The molecule has 20 heavy (non-hydrogen) atoms. The first-order valence-corrected chi connectivity index (χ1v) is 6.29. The summed E-state index contributed by atoms with van der Waals surface area (Å²) in [5, 5.41) is 9.68. The summed E-state index contributed by atoms with van der Waals surface area (Å²) in [5.74, 6) is 5.56. The molecular formula is C14H14FN3O2. The molecule has 0 saturated carbocycles. The Hall–Kier alpha value is -2.50. The van der Waals surface area contributed by atoms with Crippen LogP contribution in [0.15, 0.2) is 30.5 Å². The van der Waals surface area contributed by atoms with E-state index in [4.69, 9.17) is 10.9 Å². The molecule has 6 heteroatoms. The molecule has 0 atom stereocenters. The summed E-state index contributed by atoms with van der Waals surface area (Å²) >= 11 is 0. The molecule has 3 rings (SSSR count). The Bertz CT molecular complexity index is 721. The van der Waals surface area contributed by atoms with Gasteiger partial charge in [0.15, 0.2) is 0 Å². The molecule has 1 amide bonds. The lowest BCUT2D eigenvalue weighted by Gasteiger charge is -2.23. The summed E-state index contributed by atoms with van der Waals surface area (Å²) in [7, 11) is 0. The van der Waals surface area contributed by atoms with E-state index in [1.54, 1.807) is 12.3 Å². The highest BCUT2D eigenvalue weighted by Crippen LogP contribution is 2.30. The average molecular weight is 275 g/mol. The summed E-state index contributed by atoms with van der Waals surface area (Å²) in [6, 6.07) is 4.47. The molecular weight excluding hydrogens is 261 g/mol. The highest BCUT2D eigenvalue weighted by Gasteiger charge is 2.19. The summed E-state index contributed by atoms with van der Waals surface area (Å²) in [6.07, 6.45) is 3.29. The second kappa shape index (κ2) is 4.56. The number of benzene rings is 1. The van der Waals surface area contributed by atoms with Crippen molar-refractivity contribution in [1.82, 2.24) is 9.58 Å². The van der Waals surface area contributed by atoms with Gasteiger partial charge in [0, 0.05) is 30.2 Å². The van der Waals surface area contributed by atoms with Gasteiger partial charge in [-0.05, 0) is 30.2 Å². The fourth-order valence-electron chi connectivity index (χ4n) is 2.57. The summed E-state index contributed by atoms with van der Waals surface area (Å²) in [5.41, 5.74) is 2.62. The van der Waals surface area contributed by atoms with Crippen LogP contribution >= 0.6 is 0 Å². The molecule has 0 saturated heterocycles. The summed E-state index contributed by atoms with van der Waals surface area (Å²) in [4.78, 5) is 12.2. The van der Waals surface area contributed by atoms with Crippen LogP contribution in [0.25, 0.3) is 16.5 Å². The topological polar surface area (TPSA) is 71.5 Å². The maximum absolute atomic E-state index is 13.4. The maximum Gasteiger partial charge on any atom is 0.407 e. The fourth-order valence-corrected chi connectivity index (χ4v) is 2.57. The number of aromatic nitrogens is 1. The lowest BCUT2D eigenvalue weighted by Crippen LogP contribution is -2.33. The predicted octanol–water partition coefficient (Wildman–Crippen LogP) is 2.26. The van der Waals surface area contributed by atoms with Gasteiger partial charge in [-0.2, -0.15) is 0 Å². The van der Waals surface area contributed by atoms with E-state index in [1.165, 1.54) is 21.7 Å². The Kier molecular flexibility index (Phi) is 2.85. The van der Waals surface area contributed by atoms with Crippen molar-refractivity contribution in [2.24, 2.45) is 0 Å². The number of fused-ring (bicyclic) bond motifs is 1. The first-order chi connectivity index (χ1) is 9.56. The average Bonchev–Trinajstić information content (AvgIpc) is 2.75. The molecule has 1 aromatic carbocycles. The molecule has 2 heterocycles. The molecule has 1 aromatic heterocycles. The molecule has 3 N–H and O–H groups in total. The van der Waals surface area contributed by atoms with Gasteiger partial charge in [0.2, 0.25) is 0 Å². The van der Waals surface area contributed by atoms with Crippen molar-refractivity contribution in [2.75, 3.05) is 18.9 Å². The highest BCUT2D eigenvalue weighted by molar-refractivity contribution is 5.93. The molecule has 2 aromatic rings. The number of nitrogens with zero attached hydrogens (tertiary/aromatic N) is 2. The SMILES string of the molecule is Nn1cc(C2=CCN(C(=O)O)CC2)c2cc(F)ccc21. The third-order valence-corrected chi connectivity index (χ3v) is 3.62. The molecule has 5 nitrogen and oxygen atoms in total. The second-order valence-electron chi connectivity index (χ2n) is 4.82. The Morgan fingerprint density at radius 2 is 2.20 bits per heavy atom. The van der Waals surface area contributed by atoms with E-state index < -0.39 is 6.09 Å². The minimum absolute atomic E-state index is 0.312. The van der Waals surface area contributed by atoms with E-state index in [1.807, 2.05) is 6.08 Å². The van der Waals surface area contributed by atoms with Crippen molar-refractivity contribution in [3.63, 3.8) is 0 Å². The predicted molar refractivity (Wildman–Crippen MR) is 74.2 cm³/mol. The summed E-state index contributed by atoms with van der Waals surface area (Å²) in [6.45, 7) is 0.783. The molecule has 0 fully saturated rings. The van der Waals surface area contributed by atoms with Gasteiger partial charge in [-0.15, -0.1) is 0 Å². The van der Waals surface area contributed by atoms with E-state index in [9.17, 15) is 9.18 Å². The van der Waals surface area contributed by atoms with Crippen LogP contribution < -0.4 is 5.84 Å². The molecule has 0 aliphatic carbocycles. The number of nitrogens with two attached hydrogens (primary N) is 1. The van der Waals surface area contributed by atoms with Crippen molar-refractivity contribution in [1.29, 1.82) is 0 Å². The standard InChI is InChI=1S/C14H14FN3O2/c15-10-1-2-13-11(7-10)12(8-18(13)16)9-3-5-17(6-4-9)14(19)20/h1-3,7-8H,4-6,16H2,(H,19,20). The van der Waals surface area contributed by atoms with E-state index in [0.29, 0.717) is 19.5 Å². The number of nitrogen functional groups attached to an aromatic ring is 1. The third-order valence-electron chi connectivity index (χ3n) is 3.62. The van der Waals surface area contributed by atoms with Crippen LogP contribution in [0.1, 0.15) is 12.0 Å². The van der Waals surface area contributed by atoms with Gasteiger partial charge in [0.1, 0.15) is 5.82 Å².